The number of alkyl halides is 1. The van der Waals surface area contributed by atoms with Gasteiger partial charge in [-0.2, -0.15) is 4.98 Å². The Labute approximate surface area is 112 Å². The number of aliphatic hydroxyl groups is 2. The number of nitrogens with one attached hydrogen (secondary N) is 1. The van der Waals surface area contributed by atoms with Crippen molar-refractivity contribution in [2.24, 2.45) is 0 Å². The number of ether oxygens (including phenoxy) is 1. The maximum atomic E-state index is 14.1. The molecular formula is C10H12FN5O4. The van der Waals surface area contributed by atoms with Crippen molar-refractivity contribution in [1.29, 1.82) is 0 Å². The maximum absolute atomic E-state index is 14.1. The fourth-order valence-electron chi connectivity index (χ4n) is 2.14. The van der Waals surface area contributed by atoms with Gasteiger partial charge in [0, 0.05) is 0 Å². The molecule has 3 heterocycles. The summed E-state index contributed by atoms with van der Waals surface area (Å²) in [6.45, 7) is -1.81. The lowest BCUT2D eigenvalue weighted by molar-refractivity contribution is -0.0459. The summed E-state index contributed by atoms with van der Waals surface area (Å²) in [5.41, 5.74) is 4.75. The quantitative estimate of drug-likeness (QED) is 0.515. The van der Waals surface area contributed by atoms with Gasteiger partial charge in [-0.3, -0.25) is 14.3 Å². The van der Waals surface area contributed by atoms with Crippen LogP contribution in [0.1, 0.15) is 7.60 Å². The average molecular weight is 286 g/mol. The molecule has 1 aliphatic heterocycles. The topological polar surface area (TPSA) is 139 Å². The zero-order valence-electron chi connectivity index (χ0n) is 11.0. The molecule has 2 aromatic heterocycles. The Morgan fingerprint density at radius 2 is 2.45 bits per heavy atom. The number of imidazole rings is 1. The van der Waals surface area contributed by atoms with Crippen LogP contribution in [0.3, 0.4) is 0 Å². The smallest absolute Gasteiger partial charge is 0.280 e. The summed E-state index contributed by atoms with van der Waals surface area (Å²) in [6, 6.07) is 0. The number of fused-ring (bicyclic) bond motifs is 1. The van der Waals surface area contributed by atoms with Crippen LogP contribution in [0.4, 0.5) is 10.3 Å². The molecule has 3 rings (SSSR count). The van der Waals surface area contributed by atoms with Crippen molar-refractivity contribution in [2.75, 3.05) is 12.3 Å². The first-order valence-electron chi connectivity index (χ1n) is 6.28. The first kappa shape index (κ1) is 11.8. The van der Waals surface area contributed by atoms with Gasteiger partial charge in [-0.1, -0.05) is 0 Å². The number of halogens is 1. The molecule has 0 amide bonds. The molecule has 5 atom stereocenters. The van der Waals surface area contributed by atoms with E-state index in [0.717, 1.165) is 10.9 Å². The normalized spacial score (nSPS) is 32.5. The Hall–Kier alpha value is -2.04. The van der Waals surface area contributed by atoms with Crippen LogP contribution in [0, 0.1) is 0 Å². The van der Waals surface area contributed by atoms with E-state index < -0.39 is 36.7 Å². The summed E-state index contributed by atoms with van der Waals surface area (Å²) in [5.74, 6) is -0.180. The predicted molar refractivity (Wildman–Crippen MR) is 64.5 cm³/mol. The number of H-pyrrole nitrogens is 1. The van der Waals surface area contributed by atoms with Crippen molar-refractivity contribution >= 4 is 17.1 Å². The summed E-state index contributed by atoms with van der Waals surface area (Å²) >= 11 is 0. The lowest BCUT2D eigenvalue weighted by atomic mass is 10.1. The third-order valence-electron chi connectivity index (χ3n) is 3.10. The van der Waals surface area contributed by atoms with Gasteiger partial charge in [0.05, 0.1) is 14.3 Å². The molecular weight excluding hydrogens is 273 g/mol. The van der Waals surface area contributed by atoms with Crippen molar-refractivity contribution < 1.29 is 20.7 Å². The number of nitrogens with zero attached hydrogens (tertiary/aromatic N) is 3. The number of rotatable bonds is 2. The molecule has 0 aromatic carbocycles. The summed E-state index contributed by atoms with van der Waals surface area (Å²) in [4.78, 5) is 21.5. The Balaban J connectivity index is 2.07. The van der Waals surface area contributed by atoms with E-state index in [1.165, 1.54) is 0 Å². The Bertz CT molecular complexity index is 734. The summed E-state index contributed by atoms with van der Waals surface area (Å²) in [5, 5.41) is 18.8. The first-order valence-corrected chi connectivity index (χ1v) is 5.70. The van der Waals surface area contributed by atoms with Gasteiger partial charge in [-0.15, -0.1) is 0 Å². The van der Waals surface area contributed by atoms with Crippen LogP contribution in [0.15, 0.2) is 11.1 Å². The van der Waals surface area contributed by atoms with Crippen molar-refractivity contribution in [3.8, 4) is 0 Å². The van der Waals surface area contributed by atoms with Gasteiger partial charge < -0.3 is 20.7 Å². The van der Waals surface area contributed by atoms with E-state index in [-0.39, 0.29) is 17.1 Å². The Morgan fingerprint density at radius 3 is 3.10 bits per heavy atom. The lowest BCUT2D eigenvalue weighted by Crippen LogP contribution is -2.30. The van der Waals surface area contributed by atoms with Crippen molar-refractivity contribution in [2.45, 2.75) is 24.6 Å². The highest BCUT2D eigenvalue weighted by atomic mass is 19.1. The van der Waals surface area contributed by atoms with Gasteiger partial charge in [0.15, 0.2) is 23.6 Å². The van der Waals surface area contributed by atoms with Crippen LogP contribution in [-0.4, -0.2) is 54.7 Å². The zero-order valence-corrected chi connectivity index (χ0v) is 9.97. The molecule has 9 nitrogen and oxygen atoms in total. The number of nitrogen functional groups attached to an aromatic ring is 1. The second kappa shape index (κ2) is 4.51. The van der Waals surface area contributed by atoms with Gasteiger partial charge >= 0.3 is 0 Å². The highest BCUT2D eigenvalue weighted by Gasteiger charge is 2.45. The minimum absolute atomic E-state index is 0.0174. The van der Waals surface area contributed by atoms with Crippen LogP contribution in [-0.2, 0) is 4.74 Å². The number of aliphatic hydroxyl groups excluding tert-OH is 2. The van der Waals surface area contributed by atoms with Crippen molar-refractivity contribution in [3.05, 3.63) is 16.7 Å². The third-order valence-corrected chi connectivity index (χ3v) is 3.10. The van der Waals surface area contributed by atoms with Gasteiger partial charge in [-0.05, 0) is 0 Å². The first-order chi connectivity index (χ1) is 9.90. The molecule has 2 aromatic rings. The molecule has 5 N–H and O–H groups in total. The number of nitrogens with two attached hydrogens (primary N) is 1. The molecule has 20 heavy (non-hydrogen) atoms. The van der Waals surface area contributed by atoms with E-state index in [2.05, 4.69) is 15.0 Å². The zero-order chi connectivity index (χ0) is 15.3. The second-order valence-electron chi connectivity index (χ2n) is 4.35. The lowest BCUT2D eigenvalue weighted by Gasteiger charge is -2.14. The molecule has 1 aliphatic rings. The standard InChI is InChI=1S/C10H12FN5O4/c11-4-6(18)3(1-17)20-9(4)16-2-13-5-7(16)14-10(12)15-8(5)19/h2-4,6,9,17-18H,1H2,(H3,12,14,15,19)/t3-,4-,6-,9-/m1/s1/i1D/t1?,3-,4-,6-,9-. The molecule has 0 spiro atoms. The van der Waals surface area contributed by atoms with Gasteiger partial charge in [0.2, 0.25) is 5.95 Å². The maximum Gasteiger partial charge on any atom is 0.280 e. The van der Waals surface area contributed by atoms with Gasteiger partial charge in [-0.25, -0.2) is 9.37 Å². The average Bonchev–Trinajstić information content (AvgIpc) is 2.93. The molecule has 0 bridgehead atoms. The van der Waals surface area contributed by atoms with Crippen LogP contribution >= 0.6 is 0 Å². The fourth-order valence-corrected chi connectivity index (χ4v) is 2.14. The van der Waals surface area contributed by atoms with E-state index in [9.17, 15) is 14.3 Å². The minimum Gasteiger partial charge on any atom is -0.394 e. The van der Waals surface area contributed by atoms with E-state index in [1.54, 1.807) is 0 Å². The van der Waals surface area contributed by atoms with Crippen LogP contribution in [0.2, 0.25) is 0 Å². The van der Waals surface area contributed by atoms with E-state index in [1.807, 2.05) is 0 Å². The largest absolute Gasteiger partial charge is 0.394 e. The van der Waals surface area contributed by atoms with Gasteiger partial charge in [0.25, 0.3) is 5.56 Å². The highest BCUT2D eigenvalue weighted by molar-refractivity contribution is 5.70. The number of hydrogen-bond donors (Lipinski definition) is 4. The molecule has 10 heteroatoms. The third kappa shape index (κ3) is 1.77. The molecule has 1 unspecified atom stereocenters. The van der Waals surface area contributed by atoms with E-state index in [0.29, 0.717) is 0 Å². The summed E-state index contributed by atoms with van der Waals surface area (Å²) in [7, 11) is 0. The predicted octanol–water partition coefficient (Wildman–Crippen LogP) is -1.71. The molecule has 108 valence electrons. The van der Waals surface area contributed by atoms with Gasteiger partial charge in [0.1, 0.15) is 12.2 Å². The summed E-state index contributed by atoms with van der Waals surface area (Å²) < 4.78 is 27.5. The van der Waals surface area contributed by atoms with Crippen molar-refractivity contribution in [3.63, 3.8) is 0 Å². The molecule has 1 saturated heterocycles. The monoisotopic (exact) mass is 286 g/mol. The van der Waals surface area contributed by atoms with Crippen LogP contribution in [0.25, 0.3) is 11.2 Å². The number of aromatic amines is 1. The Kier molecular flexibility index (Phi) is 2.65. The number of anilines is 1. The molecule has 0 radical (unpaired) electrons. The highest BCUT2D eigenvalue weighted by Crippen LogP contribution is 2.32. The van der Waals surface area contributed by atoms with Crippen LogP contribution < -0.4 is 11.3 Å². The van der Waals surface area contributed by atoms with E-state index >= 15 is 0 Å². The number of aromatic nitrogens is 4. The summed E-state index contributed by atoms with van der Waals surface area (Å²) in [6.07, 6.45) is -5.27. The Morgan fingerprint density at radius 1 is 1.70 bits per heavy atom. The second-order valence-corrected chi connectivity index (χ2v) is 4.35. The minimum atomic E-state index is -1.92. The van der Waals surface area contributed by atoms with Crippen LogP contribution in [0.5, 0.6) is 0 Å². The SMILES string of the molecule is [2H]C(O)[C@H]1O[C@@H](n2cnc3c(=O)[nH]c(N)nc32)[C@H](F)[C@@H]1O. The molecule has 0 saturated carbocycles. The molecule has 1 fully saturated rings. The fraction of sp³-hybridized carbons (Fsp3) is 0.500. The van der Waals surface area contributed by atoms with E-state index in [4.69, 9.17) is 16.9 Å². The molecule has 0 aliphatic carbocycles. The number of hydrogen-bond acceptors (Lipinski definition) is 7. The van der Waals surface area contributed by atoms with Crippen molar-refractivity contribution in [1.82, 2.24) is 19.5 Å².